The van der Waals surface area contributed by atoms with E-state index in [4.69, 9.17) is 4.42 Å². The minimum atomic E-state index is -0.246. The largest absolute Gasteiger partial charge is 0.419 e. The van der Waals surface area contributed by atoms with Gasteiger partial charge in [-0.05, 0) is 31.0 Å². The summed E-state index contributed by atoms with van der Waals surface area (Å²) in [4.78, 5) is 11.6. The van der Waals surface area contributed by atoms with Gasteiger partial charge < -0.3 is 4.42 Å². The zero-order chi connectivity index (χ0) is 10.8. The van der Waals surface area contributed by atoms with E-state index >= 15 is 0 Å². The Balaban J connectivity index is 2.53. The van der Waals surface area contributed by atoms with E-state index in [0.29, 0.717) is 5.58 Å². The van der Waals surface area contributed by atoms with Crippen molar-refractivity contribution in [3.8, 4) is 0 Å². The van der Waals surface area contributed by atoms with Gasteiger partial charge in [0.1, 0.15) is 0 Å². The van der Waals surface area contributed by atoms with Gasteiger partial charge in [-0.3, -0.25) is 4.57 Å². The van der Waals surface area contributed by atoms with E-state index in [2.05, 4.69) is 6.92 Å². The van der Waals surface area contributed by atoms with Gasteiger partial charge in [0.2, 0.25) is 0 Å². The number of hydrogen-bond acceptors (Lipinski definition) is 2. The van der Waals surface area contributed by atoms with Crippen LogP contribution < -0.4 is 5.76 Å². The van der Waals surface area contributed by atoms with Crippen LogP contribution >= 0.6 is 0 Å². The topological polar surface area (TPSA) is 35.1 Å². The molecule has 1 aromatic heterocycles. The third-order valence-electron chi connectivity index (χ3n) is 2.56. The summed E-state index contributed by atoms with van der Waals surface area (Å²) in [6.07, 6.45) is 2.08. The van der Waals surface area contributed by atoms with Gasteiger partial charge in [0.15, 0.2) is 5.58 Å². The van der Waals surface area contributed by atoms with Crippen molar-refractivity contribution in [2.45, 2.75) is 33.2 Å². The highest BCUT2D eigenvalue weighted by atomic mass is 16.4. The zero-order valence-electron chi connectivity index (χ0n) is 9.12. The Bertz CT molecular complexity index is 522. The highest BCUT2D eigenvalue weighted by molar-refractivity contribution is 5.73. The van der Waals surface area contributed by atoms with Gasteiger partial charge in [0.25, 0.3) is 0 Å². The van der Waals surface area contributed by atoms with Crippen LogP contribution in [-0.2, 0) is 6.54 Å². The molecule has 0 radical (unpaired) electrons. The summed E-state index contributed by atoms with van der Waals surface area (Å²) in [5, 5.41) is 0. The van der Waals surface area contributed by atoms with E-state index in [1.54, 1.807) is 4.57 Å². The van der Waals surface area contributed by atoms with Gasteiger partial charge in [0.05, 0.1) is 5.52 Å². The van der Waals surface area contributed by atoms with Gasteiger partial charge in [-0.1, -0.05) is 19.4 Å². The van der Waals surface area contributed by atoms with Crippen LogP contribution in [0.1, 0.15) is 25.3 Å². The Morgan fingerprint density at radius 1 is 1.40 bits per heavy atom. The second-order valence-electron chi connectivity index (χ2n) is 3.84. The first-order valence-corrected chi connectivity index (χ1v) is 5.32. The summed E-state index contributed by atoms with van der Waals surface area (Å²) in [6, 6.07) is 5.85. The van der Waals surface area contributed by atoms with Crippen molar-refractivity contribution < 1.29 is 4.42 Å². The maximum absolute atomic E-state index is 11.6. The zero-order valence-corrected chi connectivity index (χ0v) is 9.12. The number of rotatable bonds is 3. The average Bonchev–Trinajstić information content (AvgIpc) is 2.50. The summed E-state index contributed by atoms with van der Waals surface area (Å²) in [5.41, 5.74) is 2.70. The van der Waals surface area contributed by atoms with Gasteiger partial charge >= 0.3 is 5.76 Å². The molecule has 0 saturated carbocycles. The Labute approximate surface area is 88.3 Å². The van der Waals surface area contributed by atoms with E-state index in [-0.39, 0.29) is 5.76 Å². The fraction of sp³-hybridized carbons (Fsp3) is 0.417. The Kier molecular flexibility index (Phi) is 2.62. The molecule has 3 heteroatoms. The molecule has 2 aromatic rings. The lowest BCUT2D eigenvalue weighted by atomic mass is 10.2. The molecule has 1 aromatic carbocycles. The van der Waals surface area contributed by atoms with Gasteiger partial charge in [-0.25, -0.2) is 4.79 Å². The van der Waals surface area contributed by atoms with Crippen LogP contribution in [0.5, 0.6) is 0 Å². The third-order valence-corrected chi connectivity index (χ3v) is 2.56. The number of nitrogens with zero attached hydrogens (tertiary/aromatic N) is 1. The predicted molar refractivity (Wildman–Crippen MR) is 60.1 cm³/mol. The molecule has 15 heavy (non-hydrogen) atoms. The first-order chi connectivity index (χ1) is 7.22. The molecule has 0 bridgehead atoms. The van der Waals surface area contributed by atoms with Crippen LogP contribution in [0, 0.1) is 6.92 Å². The van der Waals surface area contributed by atoms with Crippen molar-refractivity contribution in [2.24, 2.45) is 0 Å². The minimum Gasteiger partial charge on any atom is -0.408 e. The van der Waals surface area contributed by atoms with Crippen LogP contribution in [-0.4, -0.2) is 4.57 Å². The molecule has 0 aliphatic carbocycles. The molecule has 0 amide bonds. The molecule has 0 saturated heterocycles. The fourth-order valence-corrected chi connectivity index (χ4v) is 1.70. The van der Waals surface area contributed by atoms with Crippen molar-refractivity contribution in [3.63, 3.8) is 0 Å². The standard InChI is InChI=1S/C12H15NO2/c1-3-4-7-13-10-6-5-9(2)8-11(10)15-12(13)14/h5-6,8H,3-4,7H2,1-2H3. The van der Waals surface area contributed by atoms with E-state index in [0.717, 1.165) is 30.5 Å². The quantitative estimate of drug-likeness (QED) is 0.772. The summed E-state index contributed by atoms with van der Waals surface area (Å²) in [6.45, 7) is 4.84. The second-order valence-corrected chi connectivity index (χ2v) is 3.84. The molecule has 0 aliphatic heterocycles. The van der Waals surface area contributed by atoms with Crippen molar-refractivity contribution in [3.05, 3.63) is 34.3 Å². The fourth-order valence-electron chi connectivity index (χ4n) is 1.70. The number of unbranched alkanes of at least 4 members (excludes halogenated alkanes) is 1. The lowest BCUT2D eigenvalue weighted by Crippen LogP contribution is -2.13. The molecular weight excluding hydrogens is 190 g/mol. The maximum Gasteiger partial charge on any atom is 0.419 e. The van der Waals surface area contributed by atoms with Crippen molar-refractivity contribution in [2.75, 3.05) is 0 Å². The molecule has 0 unspecified atom stereocenters. The van der Waals surface area contributed by atoms with Crippen molar-refractivity contribution >= 4 is 11.1 Å². The van der Waals surface area contributed by atoms with E-state index in [1.807, 2.05) is 25.1 Å². The average molecular weight is 205 g/mol. The normalized spacial score (nSPS) is 11.1. The molecular formula is C12H15NO2. The smallest absolute Gasteiger partial charge is 0.408 e. The van der Waals surface area contributed by atoms with Crippen LogP contribution in [0.2, 0.25) is 0 Å². The summed E-state index contributed by atoms with van der Waals surface area (Å²) >= 11 is 0. The van der Waals surface area contributed by atoms with Crippen LogP contribution in [0.25, 0.3) is 11.1 Å². The number of aromatic nitrogens is 1. The number of benzene rings is 1. The van der Waals surface area contributed by atoms with Crippen molar-refractivity contribution in [1.29, 1.82) is 0 Å². The Morgan fingerprint density at radius 2 is 2.20 bits per heavy atom. The predicted octanol–water partition coefficient (Wildman–Crippen LogP) is 2.70. The highest BCUT2D eigenvalue weighted by Crippen LogP contribution is 2.14. The number of aryl methyl sites for hydroxylation is 2. The van der Waals surface area contributed by atoms with Crippen LogP contribution in [0.4, 0.5) is 0 Å². The third kappa shape index (κ3) is 1.82. The van der Waals surface area contributed by atoms with Gasteiger partial charge in [-0.2, -0.15) is 0 Å². The molecule has 0 fully saturated rings. The summed E-state index contributed by atoms with van der Waals surface area (Å²) in [7, 11) is 0. The minimum absolute atomic E-state index is 0.246. The lowest BCUT2D eigenvalue weighted by Gasteiger charge is -1.99. The number of hydrogen-bond donors (Lipinski definition) is 0. The molecule has 2 rings (SSSR count). The highest BCUT2D eigenvalue weighted by Gasteiger charge is 2.07. The molecule has 3 nitrogen and oxygen atoms in total. The first-order valence-electron chi connectivity index (χ1n) is 5.32. The Morgan fingerprint density at radius 3 is 2.93 bits per heavy atom. The first kappa shape index (κ1) is 10.0. The lowest BCUT2D eigenvalue weighted by molar-refractivity contribution is 0.496. The Hall–Kier alpha value is -1.51. The maximum atomic E-state index is 11.6. The van der Waals surface area contributed by atoms with Crippen LogP contribution in [0.3, 0.4) is 0 Å². The summed E-state index contributed by atoms with van der Waals surface area (Å²) in [5.74, 6) is -0.246. The van der Waals surface area contributed by atoms with E-state index in [9.17, 15) is 4.79 Å². The van der Waals surface area contributed by atoms with E-state index < -0.39 is 0 Å². The number of oxazole rings is 1. The number of fused-ring (bicyclic) bond motifs is 1. The molecule has 0 aliphatic rings. The monoisotopic (exact) mass is 205 g/mol. The van der Waals surface area contributed by atoms with Gasteiger partial charge in [-0.15, -0.1) is 0 Å². The SMILES string of the molecule is CCCCn1c(=O)oc2cc(C)ccc21. The molecule has 0 N–H and O–H groups in total. The molecule has 0 spiro atoms. The van der Waals surface area contributed by atoms with Crippen molar-refractivity contribution in [1.82, 2.24) is 4.57 Å². The molecule has 0 atom stereocenters. The summed E-state index contributed by atoms with van der Waals surface area (Å²) < 4.78 is 6.89. The van der Waals surface area contributed by atoms with Crippen LogP contribution in [0.15, 0.2) is 27.4 Å². The van der Waals surface area contributed by atoms with E-state index in [1.165, 1.54) is 0 Å². The molecule has 1 heterocycles. The second kappa shape index (κ2) is 3.93. The molecule has 80 valence electrons. The van der Waals surface area contributed by atoms with Gasteiger partial charge in [0, 0.05) is 6.54 Å².